The molecule has 308 valence electrons. The molecule has 0 fully saturated rings. The van der Waals surface area contributed by atoms with Crippen molar-refractivity contribution >= 4 is 21.9 Å². The summed E-state index contributed by atoms with van der Waals surface area (Å²) in [6, 6.07) is 58.0. The first-order valence-corrected chi connectivity index (χ1v) is 21.7. The van der Waals surface area contributed by atoms with Crippen LogP contribution in [-0.2, 0) is 16.2 Å². The Morgan fingerprint density at radius 1 is 0.435 bits per heavy atom. The van der Waals surface area contributed by atoms with Gasteiger partial charge < -0.3 is 5.11 Å². The van der Waals surface area contributed by atoms with Crippen LogP contribution >= 0.6 is 0 Å². The first-order valence-electron chi connectivity index (χ1n) is 21.7. The average Bonchev–Trinajstić information content (AvgIpc) is 3.65. The molecule has 0 aliphatic rings. The van der Waals surface area contributed by atoms with E-state index in [0.717, 1.165) is 78.0 Å². The fourth-order valence-corrected chi connectivity index (χ4v) is 8.77. The Morgan fingerprint density at radius 3 is 1.73 bits per heavy atom. The molecular weight excluding hydrogens is 755 g/mol. The number of imidazole rings is 1. The lowest BCUT2D eigenvalue weighted by molar-refractivity contribution is 0.446. The summed E-state index contributed by atoms with van der Waals surface area (Å²) in [5, 5.41) is 13.6. The van der Waals surface area contributed by atoms with Crippen molar-refractivity contribution in [3.63, 3.8) is 0 Å². The van der Waals surface area contributed by atoms with Crippen molar-refractivity contribution in [2.45, 2.75) is 78.6 Å². The number of phenolic OH excluding ortho intramolecular Hbond substituents is 1. The summed E-state index contributed by atoms with van der Waals surface area (Å²) in [6.07, 6.45) is 0. The lowest BCUT2D eigenvalue weighted by atomic mass is 9.79. The van der Waals surface area contributed by atoms with Gasteiger partial charge in [-0.2, -0.15) is 0 Å². The van der Waals surface area contributed by atoms with Gasteiger partial charge in [-0.3, -0.25) is 4.57 Å². The Balaban J connectivity index is 1.37. The Hall–Kier alpha value is -6.78. The van der Waals surface area contributed by atoms with Crippen LogP contribution in [0.2, 0.25) is 0 Å². The highest BCUT2D eigenvalue weighted by Crippen LogP contribution is 2.46. The maximum absolute atomic E-state index is 12.5. The van der Waals surface area contributed by atoms with Crippen molar-refractivity contribution in [2.75, 3.05) is 0 Å². The molecule has 0 aliphatic carbocycles. The normalized spacial score (nSPS) is 12.3. The van der Waals surface area contributed by atoms with Gasteiger partial charge in [0.2, 0.25) is 0 Å². The summed E-state index contributed by atoms with van der Waals surface area (Å²) >= 11 is 0. The molecule has 0 bridgehead atoms. The molecule has 2 aromatic heterocycles. The van der Waals surface area contributed by atoms with E-state index in [1.807, 2.05) is 0 Å². The number of benzene rings is 7. The Labute approximate surface area is 366 Å². The lowest BCUT2D eigenvalue weighted by Crippen LogP contribution is -2.17. The monoisotopic (exact) mass is 809 g/mol. The van der Waals surface area contributed by atoms with E-state index in [-0.39, 0.29) is 22.0 Å². The minimum atomic E-state index is -0.317. The summed E-state index contributed by atoms with van der Waals surface area (Å²) in [6.45, 7) is 20.0. The molecule has 0 atom stereocenters. The van der Waals surface area contributed by atoms with E-state index in [2.05, 4.69) is 231 Å². The standard InChI is InChI=1S/C58H55N3O/c1-56(2,3)42-34-46(54(62)48(35-42)58(7,8)9)55-60-53-44(27-20-30-52(53)61(55)51-29-19-17-25-43(51)38-23-14-11-15-24-38)40-31-39(37-21-12-10-13-22-37)32-41(33-40)50-36-47(57(4,5)6)45-26-16-18-28-49(45)59-50/h10-36,62H,1-9H3. The van der Waals surface area contributed by atoms with Gasteiger partial charge in [-0.05, 0) is 98.2 Å². The number of pyridine rings is 1. The maximum Gasteiger partial charge on any atom is 0.149 e. The number of hydrogen-bond donors (Lipinski definition) is 1. The second kappa shape index (κ2) is 15.3. The van der Waals surface area contributed by atoms with Crippen LogP contribution in [0.4, 0.5) is 0 Å². The summed E-state index contributed by atoms with van der Waals surface area (Å²) in [4.78, 5) is 11.0. The summed E-state index contributed by atoms with van der Waals surface area (Å²) in [5.41, 5.74) is 15.6. The van der Waals surface area contributed by atoms with Gasteiger partial charge in [-0.25, -0.2) is 9.97 Å². The topological polar surface area (TPSA) is 50.9 Å². The van der Waals surface area contributed by atoms with E-state index in [1.54, 1.807) is 0 Å². The third kappa shape index (κ3) is 7.49. The zero-order valence-electron chi connectivity index (χ0n) is 37.4. The van der Waals surface area contributed by atoms with E-state index < -0.39 is 0 Å². The largest absolute Gasteiger partial charge is 0.507 e. The van der Waals surface area contributed by atoms with Gasteiger partial charge in [0.1, 0.15) is 11.6 Å². The maximum atomic E-state index is 12.5. The molecule has 9 aromatic rings. The first kappa shape index (κ1) is 40.6. The SMILES string of the molecule is CC(C)(C)c1cc(-c2nc3c(-c4cc(-c5ccccc5)cc(-c5cc(C(C)(C)C)c6ccccc6n5)c4)cccc3n2-c2ccccc2-c2ccccc2)c(O)c(C(C)(C)C)c1. The average molecular weight is 810 g/mol. The Morgan fingerprint density at radius 2 is 1.03 bits per heavy atom. The molecule has 1 N–H and O–H groups in total. The molecule has 62 heavy (non-hydrogen) atoms. The van der Waals surface area contributed by atoms with Crippen LogP contribution < -0.4 is 0 Å². The van der Waals surface area contributed by atoms with Crippen LogP contribution in [-0.4, -0.2) is 19.6 Å². The number of rotatable bonds is 6. The van der Waals surface area contributed by atoms with Crippen molar-refractivity contribution in [2.24, 2.45) is 0 Å². The van der Waals surface area contributed by atoms with Gasteiger partial charge in [0.15, 0.2) is 0 Å². The molecule has 0 saturated carbocycles. The van der Waals surface area contributed by atoms with Crippen molar-refractivity contribution < 1.29 is 5.11 Å². The first-order chi connectivity index (χ1) is 29.6. The van der Waals surface area contributed by atoms with Crippen LogP contribution in [0.25, 0.3) is 83.6 Å². The highest BCUT2D eigenvalue weighted by atomic mass is 16.3. The lowest BCUT2D eigenvalue weighted by Gasteiger charge is -2.27. The van der Waals surface area contributed by atoms with Crippen LogP contribution in [0.1, 0.15) is 79.0 Å². The minimum absolute atomic E-state index is 0.0925. The molecule has 0 saturated heterocycles. The van der Waals surface area contributed by atoms with Gasteiger partial charge in [0.25, 0.3) is 0 Å². The van der Waals surface area contributed by atoms with Crippen LogP contribution in [0.15, 0.2) is 164 Å². The van der Waals surface area contributed by atoms with Gasteiger partial charge in [-0.15, -0.1) is 0 Å². The summed E-state index contributed by atoms with van der Waals surface area (Å²) in [7, 11) is 0. The van der Waals surface area contributed by atoms with Gasteiger partial charge in [-0.1, -0.05) is 178 Å². The fraction of sp³-hybridized carbons (Fsp3) is 0.207. The summed E-state index contributed by atoms with van der Waals surface area (Å²) in [5.74, 6) is 0.946. The van der Waals surface area contributed by atoms with E-state index in [1.165, 1.54) is 10.9 Å². The fourth-order valence-electron chi connectivity index (χ4n) is 8.77. The number of phenols is 1. The predicted octanol–water partition coefficient (Wildman–Crippen LogP) is 15.5. The quantitative estimate of drug-likeness (QED) is 0.182. The van der Waals surface area contributed by atoms with Crippen molar-refractivity contribution in [1.29, 1.82) is 0 Å². The molecule has 7 aromatic carbocycles. The van der Waals surface area contributed by atoms with Crippen molar-refractivity contribution in [3.05, 3.63) is 180 Å². The molecule has 0 radical (unpaired) electrons. The molecule has 9 rings (SSSR count). The number of aromatic nitrogens is 3. The van der Waals surface area contributed by atoms with E-state index in [4.69, 9.17) is 9.97 Å². The summed E-state index contributed by atoms with van der Waals surface area (Å²) < 4.78 is 2.26. The van der Waals surface area contributed by atoms with E-state index >= 15 is 0 Å². The van der Waals surface area contributed by atoms with Crippen molar-refractivity contribution in [3.8, 4) is 67.5 Å². The second-order valence-electron chi connectivity index (χ2n) is 19.7. The Kier molecular flexibility index (Phi) is 10.0. The second-order valence-corrected chi connectivity index (χ2v) is 19.7. The smallest absolute Gasteiger partial charge is 0.149 e. The molecule has 4 heteroatoms. The third-order valence-corrected chi connectivity index (χ3v) is 12.1. The zero-order valence-corrected chi connectivity index (χ0v) is 37.4. The number of fused-ring (bicyclic) bond motifs is 2. The molecule has 0 unspecified atom stereocenters. The third-order valence-electron chi connectivity index (χ3n) is 12.1. The molecule has 0 spiro atoms. The highest BCUT2D eigenvalue weighted by molar-refractivity contribution is 5.99. The molecule has 0 amide bonds. The number of para-hydroxylation sites is 3. The number of hydrogen-bond acceptors (Lipinski definition) is 3. The van der Waals surface area contributed by atoms with E-state index in [9.17, 15) is 5.11 Å². The van der Waals surface area contributed by atoms with Crippen LogP contribution in [0.3, 0.4) is 0 Å². The highest BCUT2D eigenvalue weighted by Gasteiger charge is 2.29. The predicted molar refractivity (Wildman–Crippen MR) is 261 cm³/mol. The van der Waals surface area contributed by atoms with Gasteiger partial charge in [0, 0.05) is 27.6 Å². The van der Waals surface area contributed by atoms with Crippen LogP contribution in [0, 0.1) is 0 Å². The number of aromatic hydroxyl groups is 1. The van der Waals surface area contributed by atoms with Gasteiger partial charge in [0.05, 0.1) is 33.5 Å². The number of nitrogens with zero attached hydrogens (tertiary/aromatic N) is 3. The zero-order chi connectivity index (χ0) is 43.6. The van der Waals surface area contributed by atoms with E-state index in [0.29, 0.717) is 11.4 Å². The molecule has 0 aliphatic heterocycles. The van der Waals surface area contributed by atoms with Gasteiger partial charge >= 0.3 is 0 Å². The molecule has 4 nitrogen and oxygen atoms in total. The van der Waals surface area contributed by atoms with Crippen molar-refractivity contribution in [1.82, 2.24) is 14.5 Å². The van der Waals surface area contributed by atoms with Crippen LogP contribution in [0.5, 0.6) is 5.75 Å². The molecular formula is C58H55N3O. The minimum Gasteiger partial charge on any atom is -0.507 e. The molecule has 2 heterocycles. The Bertz CT molecular complexity index is 3120.